The smallest absolute Gasteiger partial charge is 0.223 e. The largest absolute Gasteiger partial charge is 0.347 e. The van der Waals surface area contributed by atoms with E-state index in [0.29, 0.717) is 5.92 Å². The van der Waals surface area contributed by atoms with Gasteiger partial charge in [-0.15, -0.1) is 11.3 Å². The van der Waals surface area contributed by atoms with Gasteiger partial charge in [0.2, 0.25) is 5.91 Å². The van der Waals surface area contributed by atoms with E-state index in [1.807, 2.05) is 13.1 Å². The first kappa shape index (κ1) is 15.4. The zero-order chi connectivity index (χ0) is 14.5. The highest BCUT2D eigenvalue weighted by Gasteiger charge is 2.26. The highest BCUT2D eigenvalue weighted by Crippen LogP contribution is 2.29. The monoisotopic (exact) mass is 295 g/mol. The molecule has 2 rings (SSSR count). The van der Waals surface area contributed by atoms with Crippen LogP contribution >= 0.6 is 11.3 Å². The van der Waals surface area contributed by atoms with Crippen LogP contribution in [0, 0.1) is 11.8 Å². The fourth-order valence-electron chi connectivity index (χ4n) is 2.74. The summed E-state index contributed by atoms with van der Waals surface area (Å²) < 4.78 is 0. The summed E-state index contributed by atoms with van der Waals surface area (Å²) in [5, 5.41) is 4.12. The minimum atomic E-state index is 0.0139. The molecular formula is C15H25N3OS. The van der Waals surface area contributed by atoms with Gasteiger partial charge in [-0.3, -0.25) is 4.79 Å². The molecule has 20 heavy (non-hydrogen) atoms. The van der Waals surface area contributed by atoms with Crippen LogP contribution in [0.1, 0.15) is 55.5 Å². The van der Waals surface area contributed by atoms with E-state index in [9.17, 15) is 4.79 Å². The zero-order valence-corrected chi connectivity index (χ0v) is 13.2. The Kier molecular flexibility index (Phi) is 5.54. The molecule has 0 radical (unpaired) electrons. The summed E-state index contributed by atoms with van der Waals surface area (Å²) in [6.07, 6.45) is 7.02. The number of rotatable bonds is 5. The second-order valence-electron chi connectivity index (χ2n) is 5.70. The molecule has 1 aliphatic rings. The average Bonchev–Trinajstić information content (AvgIpc) is 2.96. The molecular weight excluding hydrogens is 270 g/mol. The third-order valence-electron chi connectivity index (χ3n) is 4.20. The number of thiazole rings is 1. The van der Waals surface area contributed by atoms with Gasteiger partial charge < -0.3 is 11.1 Å². The van der Waals surface area contributed by atoms with Crippen molar-refractivity contribution in [3.63, 3.8) is 0 Å². The summed E-state index contributed by atoms with van der Waals surface area (Å²) in [4.78, 5) is 18.0. The third-order valence-corrected chi connectivity index (χ3v) is 5.52. The van der Waals surface area contributed by atoms with Gasteiger partial charge in [0.05, 0.1) is 6.04 Å². The SMILES string of the molecule is CCc1cnc(C(C)NC(=O)C2CCC(CN)CC2)s1. The van der Waals surface area contributed by atoms with Crippen molar-refractivity contribution >= 4 is 17.2 Å². The number of hydrogen-bond donors (Lipinski definition) is 2. The lowest BCUT2D eigenvalue weighted by atomic mass is 9.81. The first-order valence-electron chi connectivity index (χ1n) is 7.59. The lowest BCUT2D eigenvalue weighted by Gasteiger charge is -2.27. The Balaban J connectivity index is 1.85. The Labute approximate surface area is 125 Å². The van der Waals surface area contributed by atoms with Crippen LogP contribution in [0.15, 0.2) is 6.20 Å². The Bertz CT molecular complexity index is 438. The molecule has 0 aromatic carbocycles. The highest BCUT2D eigenvalue weighted by atomic mass is 32.1. The highest BCUT2D eigenvalue weighted by molar-refractivity contribution is 7.11. The topological polar surface area (TPSA) is 68.0 Å². The molecule has 1 aromatic rings. The number of carbonyl (C=O) groups is 1. The van der Waals surface area contributed by atoms with E-state index in [2.05, 4.69) is 17.2 Å². The number of aromatic nitrogens is 1. The Hall–Kier alpha value is -0.940. The number of nitrogens with one attached hydrogen (secondary N) is 1. The first-order valence-corrected chi connectivity index (χ1v) is 8.40. The van der Waals surface area contributed by atoms with Gasteiger partial charge in [-0.05, 0) is 51.5 Å². The van der Waals surface area contributed by atoms with Crippen molar-refractivity contribution in [2.75, 3.05) is 6.54 Å². The third kappa shape index (κ3) is 3.79. The van der Waals surface area contributed by atoms with Crippen molar-refractivity contribution in [1.82, 2.24) is 10.3 Å². The van der Waals surface area contributed by atoms with E-state index in [0.717, 1.165) is 43.7 Å². The standard InChI is InChI=1S/C15H25N3OS/c1-3-13-9-17-15(20-13)10(2)18-14(19)12-6-4-11(8-16)5-7-12/h9-12H,3-8,16H2,1-2H3,(H,18,19). The van der Waals surface area contributed by atoms with Gasteiger partial charge in [-0.1, -0.05) is 6.92 Å². The minimum Gasteiger partial charge on any atom is -0.347 e. The minimum absolute atomic E-state index is 0.0139. The van der Waals surface area contributed by atoms with Gasteiger partial charge in [0, 0.05) is 17.0 Å². The summed E-state index contributed by atoms with van der Waals surface area (Å²) in [5.74, 6) is 0.953. The van der Waals surface area contributed by atoms with Crippen LogP contribution in [0.25, 0.3) is 0 Å². The van der Waals surface area contributed by atoms with Gasteiger partial charge in [-0.2, -0.15) is 0 Å². The van der Waals surface area contributed by atoms with E-state index in [1.165, 1.54) is 4.88 Å². The van der Waals surface area contributed by atoms with Crippen LogP contribution < -0.4 is 11.1 Å². The first-order chi connectivity index (χ1) is 9.63. The molecule has 0 saturated heterocycles. The number of amides is 1. The van der Waals surface area contributed by atoms with Crippen molar-refractivity contribution < 1.29 is 4.79 Å². The number of carbonyl (C=O) groups excluding carboxylic acids is 1. The Morgan fingerprint density at radius 3 is 2.75 bits per heavy atom. The summed E-state index contributed by atoms with van der Waals surface area (Å²) >= 11 is 1.69. The number of nitrogens with two attached hydrogens (primary N) is 1. The lowest BCUT2D eigenvalue weighted by Crippen LogP contribution is -2.35. The Morgan fingerprint density at radius 2 is 2.20 bits per heavy atom. The van der Waals surface area contributed by atoms with E-state index >= 15 is 0 Å². The van der Waals surface area contributed by atoms with Gasteiger partial charge in [0.1, 0.15) is 5.01 Å². The van der Waals surface area contributed by atoms with E-state index < -0.39 is 0 Å². The van der Waals surface area contributed by atoms with Gasteiger partial charge in [-0.25, -0.2) is 4.98 Å². The molecule has 1 saturated carbocycles. The molecule has 1 unspecified atom stereocenters. The van der Waals surface area contributed by atoms with Crippen molar-refractivity contribution in [3.05, 3.63) is 16.1 Å². The number of nitrogens with zero attached hydrogens (tertiary/aromatic N) is 1. The summed E-state index contributed by atoms with van der Waals surface area (Å²) in [6, 6.07) is 0.0139. The quantitative estimate of drug-likeness (QED) is 0.877. The molecule has 1 aromatic heterocycles. The molecule has 5 heteroatoms. The summed E-state index contributed by atoms with van der Waals surface area (Å²) in [7, 11) is 0. The fourth-order valence-corrected chi connectivity index (χ4v) is 3.60. The van der Waals surface area contributed by atoms with Crippen LogP contribution in [0.3, 0.4) is 0 Å². The van der Waals surface area contributed by atoms with Crippen molar-refractivity contribution in [3.8, 4) is 0 Å². The van der Waals surface area contributed by atoms with E-state index in [-0.39, 0.29) is 17.9 Å². The molecule has 3 N–H and O–H groups in total. The second kappa shape index (κ2) is 7.18. The van der Waals surface area contributed by atoms with Crippen LogP contribution in [0.2, 0.25) is 0 Å². The average molecular weight is 295 g/mol. The van der Waals surface area contributed by atoms with Crippen LogP contribution in [-0.4, -0.2) is 17.4 Å². The van der Waals surface area contributed by atoms with Gasteiger partial charge >= 0.3 is 0 Å². The van der Waals surface area contributed by atoms with Gasteiger partial charge in [0.25, 0.3) is 0 Å². The normalized spacial score (nSPS) is 24.4. The van der Waals surface area contributed by atoms with Gasteiger partial charge in [0.15, 0.2) is 0 Å². The predicted molar refractivity (Wildman–Crippen MR) is 82.6 cm³/mol. The fraction of sp³-hybridized carbons (Fsp3) is 0.733. The van der Waals surface area contributed by atoms with Crippen LogP contribution in [-0.2, 0) is 11.2 Å². The Morgan fingerprint density at radius 1 is 1.50 bits per heavy atom. The lowest BCUT2D eigenvalue weighted by molar-refractivity contribution is -0.126. The molecule has 1 amide bonds. The van der Waals surface area contributed by atoms with Crippen LogP contribution in [0.4, 0.5) is 0 Å². The molecule has 0 aliphatic heterocycles. The predicted octanol–water partition coefficient (Wildman–Crippen LogP) is 2.65. The molecule has 4 nitrogen and oxygen atoms in total. The number of hydrogen-bond acceptors (Lipinski definition) is 4. The maximum atomic E-state index is 12.3. The number of aryl methyl sites for hydroxylation is 1. The van der Waals surface area contributed by atoms with E-state index in [4.69, 9.17) is 5.73 Å². The molecule has 1 atom stereocenters. The maximum Gasteiger partial charge on any atom is 0.223 e. The van der Waals surface area contributed by atoms with E-state index in [1.54, 1.807) is 11.3 Å². The summed E-state index contributed by atoms with van der Waals surface area (Å²) in [5.41, 5.74) is 5.69. The molecule has 112 valence electrons. The molecule has 1 heterocycles. The zero-order valence-electron chi connectivity index (χ0n) is 12.4. The molecule has 1 aliphatic carbocycles. The van der Waals surface area contributed by atoms with Crippen molar-refractivity contribution in [1.29, 1.82) is 0 Å². The maximum absolute atomic E-state index is 12.3. The summed E-state index contributed by atoms with van der Waals surface area (Å²) in [6.45, 7) is 4.89. The molecule has 0 spiro atoms. The molecule has 1 fully saturated rings. The van der Waals surface area contributed by atoms with Crippen molar-refractivity contribution in [2.45, 2.75) is 52.0 Å². The van der Waals surface area contributed by atoms with Crippen molar-refractivity contribution in [2.24, 2.45) is 17.6 Å². The molecule has 0 bridgehead atoms. The second-order valence-corrected chi connectivity index (χ2v) is 6.85. The van der Waals surface area contributed by atoms with Crippen LogP contribution in [0.5, 0.6) is 0 Å².